The molecule has 1 fully saturated rings. The maximum atomic E-state index is 12.4. The molecule has 0 aliphatic carbocycles. The van der Waals surface area contributed by atoms with Gasteiger partial charge in [-0.05, 0) is 44.7 Å². The topological polar surface area (TPSA) is 32.3 Å². The molecule has 3 nitrogen and oxygen atoms in total. The maximum absolute atomic E-state index is 12.4. The van der Waals surface area contributed by atoms with Crippen LogP contribution in [0.1, 0.15) is 32.6 Å². The summed E-state index contributed by atoms with van der Waals surface area (Å²) >= 11 is 0. The van der Waals surface area contributed by atoms with Gasteiger partial charge in [0.25, 0.3) is 0 Å². The van der Waals surface area contributed by atoms with Crippen molar-refractivity contribution >= 4 is 18.3 Å². The molecule has 1 rings (SSSR count). The lowest BCUT2D eigenvalue weighted by molar-refractivity contribution is -0.136. The summed E-state index contributed by atoms with van der Waals surface area (Å²) < 4.78 is 0. The second kappa shape index (κ2) is 10.9. The Morgan fingerprint density at radius 3 is 2.30 bits per heavy atom. The highest BCUT2D eigenvalue weighted by atomic mass is 35.5. The third-order valence-corrected chi connectivity index (χ3v) is 3.86. The number of hydrogen-bond donors (Lipinski definition) is 1. The Bertz CT molecular complexity index is 289. The molecular weight excluding hydrogens is 272 g/mol. The minimum absolute atomic E-state index is 0. The van der Waals surface area contributed by atoms with Gasteiger partial charge in [0.05, 0.1) is 0 Å². The van der Waals surface area contributed by atoms with Crippen molar-refractivity contribution in [2.75, 3.05) is 26.2 Å². The van der Waals surface area contributed by atoms with Crippen molar-refractivity contribution in [3.63, 3.8) is 0 Å². The average molecular weight is 301 g/mol. The van der Waals surface area contributed by atoms with E-state index in [9.17, 15) is 4.79 Å². The van der Waals surface area contributed by atoms with E-state index in [1.54, 1.807) is 0 Å². The lowest BCUT2D eigenvalue weighted by Gasteiger charge is -2.34. The highest BCUT2D eigenvalue weighted by Gasteiger charge is 2.26. The van der Waals surface area contributed by atoms with Gasteiger partial charge in [-0.1, -0.05) is 19.1 Å². The summed E-state index contributed by atoms with van der Waals surface area (Å²) in [6.07, 6.45) is 7.42. The fourth-order valence-electron chi connectivity index (χ4n) is 2.66. The molecule has 4 heteroatoms. The second-order valence-electron chi connectivity index (χ2n) is 5.32. The normalized spacial score (nSPS) is 15.8. The molecule has 1 aliphatic heterocycles. The Morgan fingerprint density at radius 2 is 1.85 bits per heavy atom. The first-order chi connectivity index (χ1) is 9.22. The highest BCUT2D eigenvalue weighted by molar-refractivity contribution is 5.85. The first-order valence-electron chi connectivity index (χ1n) is 7.44. The molecule has 0 unspecified atom stereocenters. The molecule has 1 saturated heterocycles. The van der Waals surface area contributed by atoms with Crippen LogP contribution in [-0.2, 0) is 4.79 Å². The van der Waals surface area contributed by atoms with Gasteiger partial charge in [-0.3, -0.25) is 4.79 Å². The summed E-state index contributed by atoms with van der Waals surface area (Å²) in [5.74, 6) is 1.04. The zero-order valence-corrected chi connectivity index (χ0v) is 13.5. The number of allylic oxidation sites excluding steroid dienone is 2. The van der Waals surface area contributed by atoms with Crippen LogP contribution >= 0.6 is 12.4 Å². The van der Waals surface area contributed by atoms with Crippen LogP contribution in [0.15, 0.2) is 25.3 Å². The number of carbonyl (C=O) groups excluding carboxylic acids is 1. The zero-order chi connectivity index (χ0) is 14.1. The Labute approximate surface area is 129 Å². The third-order valence-electron chi connectivity index (χ3n) is 3.86. The molecule has 1 amide bonds. The van der Waals surface area contributed by atoms with Gasteiger partial charge in [0, 0.05) is 19.0 Å². The van der Waals surface area contributed by atoms with Gasteiger partial charge in [-0.25, -0.2) is 0 Å². The van der Waals surface area contributed by atoms with Gasteiger partial charge in [-0.15, -0.1) is 25.6 Å². The van der Waals surface area contributed by atoms with Crippen molar-refractivity contribution in [2.45, 2.75) is 32.6 Å². The van der Waals surface area contributed by atoms with Crippen molar-refractivity contribution in [3.05, 3.63) is 25.3 Å². The van der Waals surface area contributed by atoms with E-state index in [1.165, 1.54) is 0 Å². The van der Waals surface area contributed by atoms with E-state index < -0.39 is 0 Å². The van der Waals surface area contributed by atoms with E-state index in [0.29, 0.717) is 0 Å². The quantitative estimate of drug-likeness (QED) is 0.699. The molecule has 0 aromatic carbocycles. The molecule has 0 aromatic heterocycles. The van der Waals surface area contributed by atoms with E-state index in [4.69, 9.17) is 0 Å². The smallest absolute Gasteiger partial charge is 0.226 e. The van der Waals surface area contributed by atoms with E-state index in [-0.39, 0.29) is 24.2 Å². The fourth-order valence-corrected chi connectivity index (χ4v) is 2.66. The third kappa shape index (κ3) is 6.10. The molecule has 1 aliphatic rings. The lowest BCUT2D eigenvalue weighted by atomic mass is 9.94. The van der Waals surface area contributed by atoms with E-state index in [0.717, 1.165) is 57.8 Å². The van der Waals surface area contributed by atoms with Crippen molar-refractivity contribution < 1.29 is 4.79 Å². The van der Waals surface area contributed by atoms with Crippen LogP contribution in [0.25, 0.3) is 0 Å². The van der Waals surface area contributed by atoms with Crippen molar-refractivity contribution in [2.24, 2.45) is 11.8 Å². The first-order valence-corrected chi connectivity index (χ1v) is 7.44. The van der Waals surface area contributed by atoms with E-state index >= 15 is 0 Å². The van der Waals surface area contributed by atoms with Gasteiger partial charge < -0.3 is 10.2 Å². The van der Waals surface area contributed by atoms with Crippen molar-refractivity contribution in [1.29, 1.82) is 0 Å². The zero-order valence-electron chi connectivity index (χ0n) is 12.6. The fraction of sp³-hybridized carbons (Fsp3) is 0.688. The minimum Gasteiger partial charge on any atom is -0.342 e. The van der Waals surface area contributed by atoms with Crippen molar-refractivity contribution in [3.8, 4) is 0 Å². The Kier molecular flexibility index (Phi) is 10.5. The molecule has 0 aromatic rings. The van der Waals surface area contributed by atoms with E-state index in [2.05, 4.69) is 25.4 Å². The standard InChI is InChI=1S/C16H28N2O.ClH/c1-4-7-15(8-5-2)16(19)18-11-9-14(10-12-18)13-17-6-3;/h4-5,14-15,17H,1-2,6-13H2,3H3;1H. The summed E-state index contributed by atoms with van der Waals surface area (Å²) in [6.45, 7) is 13.5. The monoisotopic (exact) mass is 300 g/mol. The highest BCUT2D eigenvalue weighted by Crippen LogP contribution is 2.21. The number of rotatable bonds is 8. The molecule has 0 spiro atoms. The number of nitrogens with one attached hydrogen (secondary N) is 1. The van der Waals surface area contributed by atoms with Crippen LogP contribution in [0, 0.1) is 11.8 Å². The molecular formula is C16H29ClN2O. The Hall–Kier alpha value is -0.800. The summed E-state index contributed by atoms with van der Waals surface area (Å²) in [5, 5.41) is 3.40. The van der Waals surface area contributed by atoms with Gasteiger partial charge in [0.1, 0.15) is 0 Å². The molecule has 0 saturated carbocycles. The van der Waals surface area contributed by atoms with Crippen LogP contribution in [-0.4, -0.2) is 37.0 Å². The molecule has 116 valence electrons. The first kappa shape index (κ1) is 19.2. The number of hydrogen-bond acceptors (Lipinski definition) is 2. The van der Waals surface area contributed by atoms with Gasteiger partial charge in [-0.2, -0.15) is 0 Å². The number of nitrogens with zero attached hydrogens (tertiary/aromatic N) is 1. The number of halogens is 1. The maximum Gasteiger partial charge on any atom is 0.226 e. The van der Waals surface area contributed by atoms with Crippen LogP contribution < -0.4 is 5.32 Å². The number of amides is 1. The van der Waals surface area contributed by atoms with Crippen LogP contribution in [0.3, 0.4) is 0 Å². The number of piperidine rings is 1. The van der Waals surface area contributed by atoms with Crippen molar-refractivity contribution in [1.82, 2.24) is 10.2 Å². The molecule has 1 heterocycles. The molecule has 0 bridgehead atoms. The summed E-state index contributed by atoms with van der Waals surface area (Å²) in [5.41, 5.74) is 0. The average Bonchev–Trinajstić information content (AvgIpc) is 2.44. The minimum atomic E-state index is 0. The molecule has 0 atom stereocenters. The molecule has 20 heavy (non-hydrogen) atoms. The molecule has 1 N–H and O–H groups in total. The summed E-state index contributed by atoms with van der Waals surface area (Å²) in [4.78, 5) is 14.4. The van der Waals surface area contributed by atoms with Gasteiger partial charge in [0.15, 0.2) is 0 Å². The predicted molar refractivity (Wildman–Crippen MR) is 88.2 cm³/mol. The van der Waals surface area contributed by atoms with Crippen LogP contribution in [0.4, 0.5) is 0 Å². The van der Waals surface area contributed by atoms with E-state index in [1.807, 2.05) is 17.1 Å². The Morgan fingerprint density at radius 1 is 1.30 bits per heavy atom. The predicted octanol–water partition coefficient (Wildman–Crippen LogP) is 3.02. The molecule has 0 radical (unpaired) electrons. The second-order valence-corrected chi connectivity index (χ2v) is 5.32. The largest absolute Gasteiger partial charge is 0.342 e. The summed E-state index contributed by atoms with van der Waals surface area (Å²) in [6, 6.07) is 0. The number of likely N-dealkylation sites (tertiary alicyclic amines) is 1. The van der Waals surface area contributed by atoms with Gasteiger partial charge in [0.2, 0.25) is 5.91 Å². The van der Waals surface area contributed by atoms with Crippen LogP contribution in [0.5, 0.6) is 0 Å². The lowest BCUT2D eigenvalue weighted by Crippen LogP contribution is -2.43. The SMILES string of the molecule is C=CCC(CC=C)C(=O)N1CCC(CNCC)CC1.Cl. The number of carbonyl (C=O) groups is 1. The van der Waals surface area contributed by atoms with Crippen LogP contribution in [0.2, 0.25) is 0 Å². The Balaban J connectivity index is 0.00000361. The van der Waals surface area contributed by atoms with Gasteiger partial charge >= 0.3 is 0 Å². The summed E-state index contributed by atoms with van der Waals surface area (Å²) in [7, 11) is 0.